The molecule has 0 spiro atoms. The Labute approximate surface area is 168 Å². The van der Waals surface area contributed by atoms with E-state index in [0.717, 1.165) is 0 Å². The lowest BCUT2D eigenvalue weighted by Gasteiger charge is -2.28. The van der Waals surface area contributed by atoms with Gasteiger partial charge in [-0.1, -0.05) is 0 Å². The van der Waals surface area contributed by atoms with Crippen LogP contribution < -0.4 is 24.4 Å². The van der Waals surface area contributed by atoms with Crippen molar-refractivity contribution in [3.8, 4) is 34.1 Å². The molecule has 0 unspecified atom stereocenters. The Kier molecular flexibility index (Phi) is 4.49. The SMILES string of the molecule is COc1ccc(-c2coc3cc4c(c(OC)c3c2=O)C=CC(C)(C)O4)c(OC)c1. The van der Waals surface area contributed by atoms with Gasteiger partial charge in [0.1, 0.15) is 45.8 Å². The third-order valence-corrected chi connectivity index (χ3v) is 4.95. The van der Waals surface area contributed by atoms with E-state index in [1.54, 1.807) is 38.5 Å². The second-order valence-corrected chi connectivity index (χ2v) is 7.28. The second kappa shape index (κ2) is 6.88. The van der Waals surface area contributed by atoms with Crippen LogP contribution in [0.3, 0.4) is 0 Å². The van der Waals surface area contributed by atoms with Crippen molar-refractivity contribution in [2.45, 2.75) is 19.4 Å². The molecule has 0 N–H and O–H groups in total. The van der Waals surface area contributed by atoms with E-state index in [1.165, 1.54) is 13.4 Å². The molecule has 29 heavy (non-hydrogen) atoms. The smallest absolute Gasteiger partial charge is 0.204 e. The fourth-order valence-electron chi connectivity index (χ4n) is 3.51. The molecule has 1 aromatic heterocycles. The molecule has 0 saturated carbocycles. The van der Waals surface area contributed by atoms with E-state index < -0.39 is 5.60 Å². The number of methoxy groups -OCH3 is 3. The van der Waals surface area contributed by atoms with Gasteiger partial charge in [-0.2, -0.15) is 0 Å². The zero-order valence-corrected chi connectivity index (χ0v) is 17.0. The summed E-state index contributed by atoms with van der Waals surface area (Å²) in [4.78, 5) is 13.5. The van der Waals surface area contributed by atoms with E-state index in [2.05, 4.69) is 0 Å². The van der Waals surface area contributed by atoms with Gasteiger partial charge in [0.15, 0.2) is 0 Å². The first-order valence-corrected chi connectivity index (χ1v) is 9.15. The fraction of sp³-hybridized carbons (Fsp3) is 0.261. The zero-order valence-electron chi connectivity index (χ0n) is 17.0. The molecule has 0 atom stereocenters. The second-order valence-electron chi connectivity index (χ2n) is 7.28. The van der Waals surface area contributed by atoms with E-state index >= 15 is 0 Å². The van der Waals surface area contributed by atoms with Gasteiger partial charge >= 0.3 is 0 Å². The third-order valence-electron chi connectivity index (χ3n) is 4.95. The summed E-state index contributed by atoms with van der Waals surface area (Å²) in [5.74, 6) is 2.18. The number of hydrogen-bond donors (Lipinski definition) is 0. The lowest BCUT2D eigenvalue weighted by Crippen LogP contribution is -2.27. The number of rotatable bonds is 4. The standard InChI is InChI=1S/C23H22O6/c1-23(2)9-8-15-18(29-23)11-19-20(22(15)27-5)21(24)16(12-28-19)14-7-6-13(25-3)10-17(14)26-4/h6-12H,1-5H3. The van der Waals surface area contributed by atoms with Gasteiger partial charge in [-0.15, -0.1) is 0 Å². The van der Waals surface area contributed by atoms with Crippen molar-refractivity contribution < 1.29 is 23.4 Å². The quantitative estimate of drug-likeness (QED) is 0.641. The van der Waals surface area contributed by atoms with Crippen LogP contribution in [0.5, 0.6) is 23.0 Å². The number of ether oxygens (including phenoxy) is 4. The van der Waals surface area contributed by atoms with Crippen LogP contribution in [0, 0.1) is 0 Å². The van der Waals surface area contributed by atoms with Gasteiger partial charge in [-0.05, 0) is 38.1 Å². The van der Waals surface area contributed by atoms with Gasteiger partial charge in [0, 0.05) is 17.7 Å². The summed E-state index contributed by atoms with van der Waals surface area (Å²) in [5, 5.41) is 0.356. The van der Waals surface area contributed by atoms with Crippen LogP contribution in [0.2, 0.25) is 0 Å². The van der Waals surface area contributed by atoms with Crippen LogP contribution >= 0.6 is 0 Å². The molecule has 0 saturated heterocycles. The molecule has 1 aliphatic heterocycles. The van der Waals surface area contributed by atoms with Crippen molar-refractivity contribution in [3.05, 3.63) is 52.4 Å². The highest BCUT2D eigenvalue weighted by molar-refractivity contribution is 5.93. The van der Waals surface area contributed by atoms with Crippen molar-refractivity contribution in [1.29, 1.82) is 0 Å². The molecule has 6 heteroatoms. The molecule has 0 fully saturated rings. The summed E-state index contributed by atoms with van der Waals surface area (Å²) in [6.07, 6.45) is 5.28. The van der Waals surface area contributed by atoms with Gasteiger partial charge in [0.05, 0.1) is 32.5 Å². The minimum Gasteiger partial charge on any atom is -0.497 e. The fourth-order valence-corrected chi connectivity index (χ4v) is 3.51. The molecule has 0 aliphatic carbocycles. The van der Waals surface area contributed by atoms with Crippen molar-refractivity contribution in [2.75, 3.05) is 21.3 Å². The summed E-state index contributed by atoms with van der Waals surface area (Å²) >= 11 is 0. The Hall–Kier alpha value is -3.41. The normalized spacial score (nSPS) is 14.2. The summed E-state index contributed by atoms with van der Waals surface area (Å²) in [7, 11) is 4.65. The Morgan fingerprint density at radius 1 is 0.966 bits per heavy atom. The molecule has 2 heterocycles. The average molecular weight is 394 g/mol. The van der Waals surface area contributed by atoms with Gasteiger partial charge in [0.25, 0.3) is 0 Å². The van der Waals surface area contributed by atoms with Crippen molar-refractivity contribution in [2.24, 2.45) is 0 Å². The molecule has 3 aromatic rings. The minimum atomic E-state index is -0.456. The van der Waals surface area contributed by atoms with Crippen molar-refractivity contribution in [1.82, 2.24) is 0 Å². The topological polar surface area (TPSA) is 67.1 Å². The first-order chi connectivity index (χ1) is 13.9. The number of hydrogen-bond acceptors (Lipinski definition) is 6. The molecular weight excluding hydrogens is 372 g/mol. The molecule has 0 bridgehead atoms. The average Bonchev–Trinajstić information content (AvgIpc) is 2.71. The number of fused-ring (bicyclic) bond motifs is 2. The summed E-state index contributed by atoms with van der Waals surface area (Å²) in [5.41, 5.74) is 1.42. The Bertz CT molecular complexity index is 1190. The highest BCUT2D eigenvalue weighted by atomic mass is 16.5. The van der Waals surface area contributed by atoms with Gasteiger partial charge in [-0.3, -0.25) is 4.79 Å². The molecule has 1 aliphatic rings. The minimum absolute atomic E-state index is 0.215. The maximum Gasteiger partial charge on any atom is 0.204 e. The number of benzene rings is 2. The lowest BCUT2D eigenvalue weighted by atomic mass is 9.98. The highest BCUT2D eigenvalue weighted by Crippen LogP contribution is 2.42. The Morgan fingerprint density at radius 2 is 1.76 bits per heavy atom. The van der Waals surface area contributed by atoms with Crippen LogP contribution in [0.25, 0.3) is 28.2 Å². The van der Waals surface area contributed by atoms with E-state index in [4.69, 9.17) is 23.4 Å². The van der Waals surface area contributed by atoms with Gasteiger partial charge in [0.2, 0.25) is 5.43 Å². The van der Waals surface area contributed by atoms with E-state index in [-0.39, 0.29) is 5.43 Å². The van der Waals surface area contributed by atoms with Gasteiger partial charge < -0.3 is 23.4 Å². The molecule has 6 nitrogen and oxygen atoms in total. The predicted octanol–water partition coefficient (Wildman–Crippen LogP) is 4.67. The van der Waals surface area contributed by atoms with Crippen LogP contribution in [0.4, 0.5) is 0 Å². The van der Waals surface area contributed by atoms with E-state index in [1.807, 2.05) is 26.0 Å². The maximum atomic E-state index is 13.5. The van der Waals surface area contributed by atoms with Crippen LogP contribution in [-0.2, 0) is 0 Å². The molecular formula is C23H22O6. The summed E-state index contributed by atoms with van der Waals surface area (Å²) < 4.78 is 28.2. The first kappa shape index (κ1) is 18.9. The monoisotopic (exact) mass is 394 g/mol. The van der Waals surface area contributed by atoms with Crippen molar-refractivity contribution in [3.63, 3.8) is 0 Å². The van der Waals surface area contributed by atoms with E-state index in [0.29, 0.717) is 50.7 Å². The van der Waals surface area contributed by atoms with Gasteiger partial charge in [-0.25, -0.2) is 0 Å². The Morgan fingerprint density at radius 3 is 2.45 bits per heavy atom. The molecule has 150 valence electrons. The van der Waals surface area contributed by atoms with Crippen LogP contribution in [-0.4, -0.2) is 26.9 Å². The molecule has 2 aromatic carbocycles. The highest BCUT2D eigenvalue weighted by Gasteiger charge is 2.27. The molecule has 4 rings (SSSR count). The first-order valence-electron chi connectivity index (χ1n) is 9.15. The largest absolute Gasteiger partial charge is 0.497 e. The summed E-state index contributed by atoms with van der Waals surface area (Å²) in [6.45, 7) is 3.91. The van der Waals surface area contributed by atoms with Crippen LogP contribution in [0.15, 0.2) is 45.8 Å². The van der Waals surface area contributed by atoms with Crippen molar-refractivity contribution >= 4 is 17.0 Å². The molecule has 0 amide bonds. The predicted molar refractivity (Wildman–Crippen MR) is 111 cm³/mol. The van der Waals surface area contributed by atoms with E-state index in [9.17, 15) is 4.79 Å². The lowest BCUT2D eigenvalue weighted by molar-refractivity contribution is 0.158. The van der Waals surface area contributed by atoms with Crippen LogP contribution in [0.1, 0.15) is 19.4 Å². The zero-order chi connectivity index (χ0) is 20.8. The maximum absolute atomic E-state index is 13.5. The third kappa shape index (κ3) is 3.10. The molecule has 0 radical (unpaired) electrons. The Balaban J connectivity index is 1.99. The summed E-state index contributed by atoms with van der Waals surface area (Å²) in [6, 6.07) is 6.99.